The molecule has 0 fully saturated rings. The molecular weight excluding hydrogens is 480 g/mol. The van der Waals surface area contributed by atoms with Gasteiger partial charge in [-0.1, -0.05) is 93.4 Å². The molecule has 2 aromatic rings. The predicted molar refractivity (Wildman–Crippen MR) is 150 cm³/mol. The highest BCUT2D eigenvalue weighted by Gasteiger charge is 2.46. The molecule has 2 aromatic carbocycles. The summed E-state index contributed by atoms with van der Waals surface area (Å²) in [6.45, 7) is 7.72. The molecule has 206 valence electrons. The summed E-state index contributed by atoms with van der Waals surface area (Å²) in [5.74, 6) is 3.41. The third kappa shape index (κ3) is 7.84. The van der Waals surface area contributed by atoms with Crippen LogP contribution in [0.25, 0.3) is 6.08 Å². The monoisotopic (exact) mass is 522 g/mol. The minimum absolute atomic E-state index is 0.0685. The first kappa shape index (κ1) is 30.9. The highest BCUT2D eigenvalue weighted by atomic mass is 16.5. The molecule has 8 heteroatoms. The van der Waals surface area contributed by atoms with Crippen LogP contribution in [0.5, 0.6) is 0 Å². The fourth-order valence-corrected chi connectivity index (χ4v) is 5.17. The molecule has 0 heterocycles. The normalized spacial score (nSPS) is 14.6. The van der Waals surface area contributed by atoms with E-state index in [-0.39, 0.29) is 18.1 Å². The molecule has 0 unspecified atom stereocenters. The number of carbonyl (C=O) groups excluding carboxylic acids is 3. The molecule has 2 rings (SSSR count). The van der Waals surface area contributed by atoms with Crippen LogP contribution in [0.4, 0.5) is 0 Å². The summed E-state index contributed by atoms with van der Waals surface area (Å²) in [6.07, 6.45) is 5.53. The van der Waals surface area contributed by atoms with Crippen molar-refractivity contribution in [1.82, 2.24) is 10.9 Å². The molecule has 0 radical (unpaired) electrons. The Kier molecular flexibility index (Phi) is 11.8. The van der Waals surface area contributed by atoms with Gasteiger partial charge < -0.3 is 5.73 Å². The van der Waals surface area contributed by atoms with Gasteiger partial charge in [-0.15, -0.1) is 0 Å². The van der Waals surface area contributed by atoms with E-state index in [0.29, 0.717) is 36.8 Å². The lowest BCUT2D eigenvalue weighted by molar-refractivity contribution is -0.145. The second kappa shape index (κ2) is 14.6. The van der Waals surface area contributed by atoms with Crippen LogP contribution in [0, 0.1) is 18.3 Å². The average Bonchev–Trinajstić information content (AvgIpc) is 2.90. The first-order valence-electron chi connectivity index (χ1n) is 13.2. The standard InChI is InChI=1S/C30H42N4O4/c1-5-16-30(19-20(2)3,29(37)33-32)27(35)26(31)18-23-15-14-21(4)17-25(23)24(28(36)34-38)13-9-12-22-10-7-6-8-11-22/h6-12,14-15,17,20,24,26,38H,5,13,16,18-19,31-32H2,1-4H3,(H,33,37)(H,34,36)/b12-9+/t24-,26+,30+/m0/s1. The quantitative estimate of drug-likeness (QED) is 0.0834. The van der Waals surface area contributed by atoms with Crippen molar-refractivity contribution in [2.75, 3.05) is 0 Å². The van der Waals surface area contributed by atoms with Crippen LogP contribution in [0.1, 0.15) is 74.6 Å². The van der Waals surface area contributed by atoms with Crippen molar-refractivity contribution in [2.45, 2.75) is 71.8 Å². The van der Waals surface area contributed by atoms with E-state index in [2.05, 4.69) is 5.43 Å². The molecular formula is C30H42N4O4. The average molecular weight is 523 g/mol. The summed E-state index contributed by atoms with van der Waals surface area (Å²) in [5, 5.41) is 9.49. The molecule has 0 aliphatic rings. The van der Waals surface area contributed by atoms with Gasteiger partial charge in [0.25, 0.3) is 5.91 Å². The number of nitrogens with two attached hydrogens (primary N) is 2. The Bertz CT molecular complexity index is 1120. The molecule has 0 spiro atoms. The zero-order valence-electron chi connectivity index (χ0n) is 22.9. The van der Waals surface area contributed by atoms with Crippen molar-refractivity contribution in [3.05, 3.63) is 76.9 Å². The minimum Gasteiger partial charge on any atom is -0.321 e. The molecule has 0 aromatic heterocycles. The molecule has 0 saturated heterocycles. The number of rotatable bonds is 14. The highest BCUT2D eigenvalue weighted by Crippen LogP contribution is 2.35. The van der Waals surface area contributed by atoms with Gasteiger partial charge in [-0.25, -0.2) is 11.3 Å². The smallest absolute Gasteiger partial charge is 0.251 e. The molecule has 2 amide bonds. The minimum atomic E-state index is -1.33. The van der Waals surface area contributed by atoms with Crippen molar-refractivity contribution in [2.24, 2.45) is 22.9 Å². The van der Waals surface area contributed by atoms with E-state index in [1.165, 1.54) is 0 Å². The number of allylic oxidation sites excluding steroid dienone is 1. The molecule has 3 atom stereocenters. The summed E-state index contributed by atoms with van der Waals surface area (Å²) in [5.41, 5.74) is 12.4. The van der Waals surface area contributed by atoms with Gasteiger partial charge in [0.05, 0.1) is 12.0 Å². The van der Waals surface area contributed by atoms with E-state index < -0.39 is 29.2 Å². The summed E-state index contributed by atoms with van der Waals surface area (Å²) in [7, 11) is 0. The number of amides is 2. The van der Waals surface area contributed by atoms with E-state index in [1.54, 1.807) is 5.48 Å². The third-order valence-electron chi connectivity index (χ3n) is 6.83. The van der Waals surface area contributed by atoms with E-state index in [4.69, 9.17) is 11.6 Å². The van der Waals surface area contributed by atoms with Crippen molar-refractivity contribution in [1.29, 1.82) is 0 Å². The van der Waals surface area contributed by atoms with Gasteiger partial charge in [-0.2, -0.15) is 0 Å². The second-order valence-corrected chi connectivity index (χ2v) is 10.4. The molecule has 7 N–H and O–H groups in total. The Morgan fingerprint density at radius 1 is 1.11 bits per heavy atom. The maximum absolute atomic E-state index is 13.8. The fourth-order valence-electron chi connectivity index (χ4n) is 5.17. The number of aryl methyl sites for hydroxylation is 1. The van der Waals surface area contributed by atoms with Crippen LogP contribution in [-0.4, -0.2) is 28.8 Å². The maximum Gasteiger partial charge on any atom is 0.251 e. The van der Waals surface area contributed by atoms with Crippen LogP contribution < -0.4 is 22.5 Å². The lowest BCUT2D eigenvalue weighted by Crippen LogP contribution is -2.55. The van der Waals surface area contributed by atoms with E-state index in [1.807, 2.05) is 88.4 Å². The Balaban J connectivity index is 2.43. The van der Waals surface area contributed by atoms with E-state index >= 15 is 0 Å². The summed E-state index contributed by atoms with van der Waals surface area (Å²) in [6, 6.07) is 14.3. The van der Waals surface area contributed by atoms with Gasteiger partial charge in [-0.3, -0.25) is 25.0 Å². The number of hydrogen-bond donors (Lipinski definition) is 5. The first-order chi connectivity index (χ1) is 18.1. The third-order valence-corrected chi connectivity index (χ3v) is 6.83. The van der Waals surface area contributed by atoms with Crippen LogP contribution in [0.15, 0.2) is 54.6 Å². The molecule has 0 aliphatic heterocycles. The molecule has 0 bridgehead atoms. The number of hydrogen-bond acceptors (Lipinski definition) is 6. The fraction of sp³-hybridized carbons (Fsp3) is 0.433. The Hall–Kier alpha value is -3.33. The van der Waals surface area contributed by atoms with Gasteiger partial charge in [-0.05, 0) is 55.2 Å². The lowest BCUT2D eigenvalue weighted by atomic mass is 9.69. The van der Waals surface area contributed by atoms with Crippen LogP contribution in [0.2, 0.25) is 0 Å². The molecule has 0 saturated carbocycles. The number of carbonyl (C=O) groups is 3. The predicted octanol–water partition coefficient (Wildman–Crippen LogP) is 3.95. The highest BCUT2D eigenvalue weighted by molar-refractivity contribution is 6.08. The molecule has 38 heavy (non-hydrogen) atoms. The van der Waals surface area contributed by atoms with E-state index in [9.17, 15) is 19.6 Å². The van der Waals surface area contributed by atoms with Gasteiger partial charge in [0.2, 0.25) is 5.91 Å². The van der Waals surface area contributed by atoms with Crippen molar-refractivity contribution in [3.8, 4) is 0 Å². The van der Waals surface area contributed by atoms with Gasteiger partial charge >= 0.3 is 0 Å². The summed E-state index contributed by atoms with van der Waals surface area (Å²) < 4.78 is 0. The summed E-state index contributed by atoms with van der Waals surface area (Å²) in [4.78, 5) is 39.5. The Morgan fingerprint density at radius 3 is 2.37 bits per heavy atom. The number of ketones is 1. The Labute approximate surface area is 225 Å². The van der Waals surface area contributed by atoms with Gasteiger partial charge in [0.1, 0.15) is 5.41 Å². The van der Waals surface area contributed by atoms with Crippen LogP contribution >= 0.6 is 0 Å². The first-order valence-corrected chi connectivity index (χ1v) is 13.2. The van der Waals surface area contributed by atoms with Crippen molar-refractivity contribution in [3.63, 3.8) is 0 Å². The lowest BCUT2D eigenvalue weighted by Gasteiger charge is -2.34. The zero-order valence-corrected chi connectivity index (χ0v) is 22.9. The second-order valence-electron chi connectivity index (χ2n) is 10.4. The number of hydrazine groups is 1. The molecule has 0 aliphatic carbocycles. The number of nitrogens with one attached hydrogen (secondary N) is 2. The van der Waals surface area contributed by atoms with Gasteiger partial charge in [0, 0.05) is 0 Å². The number of hydroxylamine groups is 1. The largest absolute Gasteiger partial charge is 0.321 e. The van der Waals surface area contributed by atoms with Crippen LogP contribution in [0.3, 0.4) is 0 Å². The number of Topliss-reactive ketones (excluding diaryl/α,β-unsaturated/α-hetero) is 1. The van der Waals surface area contributed by atoms with Crippen molar-refractivity contribution < 1.29 is 19.6 Å². The van der Waals surface area contributed by atoms with E-state index in [0.717, 1.165) is 11.1 Å². The van der Waals surface area contributed by atoms with Gasteiger partial charge in [0.15, 0.2) is 5.78 Å². The SMILES string of the molecule is CCC[C@](CC(C)C)(C(=O)NN)C(=O)[C@H](N)Cc1ccc(C)cc1[C@H](C/C=C/c1ccccc1)C(=O)NO. The summed E-state index contributed by atoms with van der Waals surface area (Å²) >= 11 is 0. The maximum atomic E-state index is 13.8. The Morgan fingerprint density at radius 2 is 1.79 bits per heavy atom. The number of benzene rings is 2. The van der Waals surface area contributed by atoms with Crippen LogP contribution in [-0.2, 0) is 20.8 Å². The topological polar surface area (TPSA) is 148 Å². The molecule has 8 nitrogen and oxygen atoms in total. The zero-order chi connectivity index (χ0) is 28.3. The van der Waals surface area contributed by atoms with Crippen molar-refractivity contribution >= 4 is 23.7 Å².